The van der Waals surface area contributed by atoms with E-state index in [2.05, 4.69) is 22.5 Å². The standard InChI is InChI=1S/C17H31F3N4O2S.HI/c1-3-21-16(22-12-14-6-4-13(2)5-7-14)23-15-8-10-24(11-9-15)27(25,26)17(18,19)20;/h13-15H,3-12H2,1-2H3,(H2,21,22,23);1H. The van der Waals surface area contributed by atoms with Gasteiger partial charge in [-0.25, -0.2) is 8.42 Å². The molecule has 1 saturated heterocycles. The summed E-state index contributed by atoms with van der Waals surface area (Å²) in [6.07, 6.45) is 5.46. The number of hydrogen-bond donors (Lipinski definition) is 2. The van der Waals surface area contributed by atoms with Crippen molar-refractivity contribution in [2.45, 2.75) is 63.9 Å². The van der Waals surface area contributed by atoms with Crippen LogP contribution >= 0.6 is 24.0 Å². The lowest BCUT2D eigenvalue weighted by atomic mass is 9.83. The van der Waals surface area contributed by atoms with Crippen LogP contribution in [0.1, 0.15) is 52.4 Å². The molecule has 0 atom stereocenters. The van der Waals surface area contributed by atoms with Gasteiger partial charge in [-0.2, -0.15) is 17.5 Å². The van der Waals surface area contributed by atoms with E-state index in [0.717, 1.165) is 12.5 Å². The molecule has 0 aromatic heterocycles. The molecule has 0 unspecified atom stereocenters. The first-order valence-corrected chi connectivity index (χ1v) is 11.2. The fourth-order valence-electron chi connectivity index (χ4n) is 3.63. The molecule has 1 aliphatic carbocycles. The molecule has 11 heteroatoms. The maximum atomic E-state index is 12.7. The van der Waals surface area contributed by atoms with Crippen LogP contribution in [-0.4, -0.2) is 56.4 Å². The smallest absolute Gasteiger partial charge is 0.357 e. The minimum Gasteiger partial charge on any atom is -0.357 e. The maximum Gasteiger partial charge on any atom is 0.511 e. The van der Waals surface area contributed by atoms with Gasteiger partial charge in [0.1, 0.15) is 0 Å². The van der Waals surface area contributed by atoms with E-state index in [9.17, 15) is 21.6 Å². The van der Waals surface area contributed by atoms with Crippen LogP contribution in [0, 0.1) is 11.8 Å². The molecule has 0 radical (unpaired) electrons. The first-order valence-electron chi connectivity index (χ1n) is 9.74. The van der Waals surface area contributed by atoms with E-state index in [1.165, 1.54) is 25.7 Å². The molecule has 0 amide bonds. The van der Waals surface area contributed by atoms with Crippen molar-refractivity contribution in [2.75, 3.05) is 26.2 Å². The van der Waals surface area contributed by atoms with Crippen molar-refractivity contribution in [2.24, 2.45) is 16.8 Å². The van der Waals surface area contributed by atoms with Crippen LogP contribution in [0.15, 0.2) is 4.99 Å². The number of nitrogens with zero attached hydrogens (tertiary/aromatic N) is 2. The third kappa shape index (κ3) is 7.19. The molecule has 0 spiro atoms. The van der Waals surface area contributed by atoms with Crippen LogP contribution in [0.25, 0.3) is 0 Å². The van der Waals surface area contributed by atoms with Crippen LogP contribution in [0.4, 0.5) is 13.2 Å². The number of hydrogen-bond acceptors (Lipinski definition) is 3. The van der Waals surface area contributed by atoms with Crippen LogP contribution in [-0.2, 0) is 10.0 Å². The first kappa shape index (κ1) is 25.7. The highest BCUT2D eigenvalue weighted by Crippen LogP contribution is 2.29. The molecular formula is C17H32F3IN4O2S. The Morgan fingerprint density at radius 2 is 1.68 bits per heavy atom. The molecule has 6 nitrogen and oxygen atoms in total. The molecule has 0 aromatic carbocycles. The quantitative estimate of drug-likeness (QED) is 0.319. The van der Waals surface area contributed by atoms with E-state index in [1.807, 2.05) is 6.92 Å². The summed E-state index contributed by atoms with van der Waals surface area (Å²) in [6.45, 7) is 5.38. The van der Waals surface area contributed by atoms with Gasteiger partial charge in [0.15, 0.2) is 5.96 Å². The van der Waals surface area contributed by atoms with Gasteiger partial charge >= 0.3 is 15.5 Å². The summed E-state index contributed by atoms with van der Waals surface area (Å²) in [5, 5.41) is 6.42. The molecule has 28 heavy (non-hydrogen) atoms. The molecule has 166 valence electrons. The van der Waals surface area contributed by atoms with Gasteiger partial charge in [-0.15, -0.1) is 24.0 Å². The zero-order valence-electron chi connectivity index (χ0n) is 16.5. The summed E-state index contributed by atoms with van der Waals surface area (Å²) >= 11 is 0. The SMILES string of the molecule is CCNC(=NCC1CCC(C)CC1)NC1CCN(S(=O)(=O)C(F)(F)F)CC1.I. The van der Waals surface area contributed by atoms with Crippen molar-refractivity contribution >= 4 is 40.0 Å². The summed E-state index contributed by atoms with van der Waals surface area (Å²) in [6, 6.07) is -0.0890. The van der Waals surface area contributed by atoms with Crippen molar-refractivity contribution in [1.82, 2.24) is 14.9 Å². The van der Waals surface area contributed by atoms with Crippen LogP contribution < -0.4 is 10.6 Å². The second-order valence-corrected chi connectivity index (χ2v) is 9.54. The third-order valence-corrected chi connectivity index (χ3v) is 7.04. The summed E-state index contributed by atoms with van der Waals surface area (Å²) < 4.78 is 61.5. The number of alkyl halides is 3. The number of sulfonamides is 1. The second kappa shape index (κ2) is 11.2. The van der Waals surface area contributed by atoms with Crippen molar-refractivity contribution in [3.8, 4) is 0 Å². The molecule has 2 N–H and O–H groups in total. The lowest BCUT2D eigenvalue weighted by Gasteiger charge is -2.32. The Bertz CT molecular complexity index is 600. The summed E-state index contributed by atoms with van der Waals surface area (Å²) in [4.78, 5) is 4.65. The van der Waals surface area contributed by atoms with Gasteiger partial charge in [0.25, 0.3) is 0 Å². The fraction of sp³-hybridized carbons (Fsp3) is 0.941. The van der Waals surface area contributed by atoms with Gasteiger partial charge in [0, 0.05) is 32.2 Å². The van der Waals surface area contributed by atoms with E-state index in [0.29, 0.717) is 35.6 Å². The van der Waals surface area contributed by atoms with E-state index in [1.54, 1.807) is 0 Å². The summed E-state index contributed by atoms with van der Waals surface area (Å²) in [7, 11) is -5.23. The largest absolute Gasteiger partial charge is 0.511 e. The third-order valence-electron chi connectivity index (χ3n) is 5.41. The van der Waals surface area contributed by atoms with Gasteiger partial charge in [0.05, 0.1) is 0 Å². The van der Waals surface area contributed by atoms with E-state index in [4.69, 9.17) is 0 Å². The minimum atomic E-state index is -5.23. The molecule has 2 fully saturated rings. The Kier molecular flexibility index (Phi) is 10.3. The number of nitrogens with one attached hydrogen (secondary N) is 2. The average molecular weight is 540 g/mol. The first-order chi connectivity index (χ1) is 12.6. The topological polar surface area (TPSA) is 73.8 Å². The summed E-state index contributed by atoms with van der Waals surface area (Å²) in [5.74, 6) is 2.03. The van der Waals surface area contributed by atoms with Crippen molar-refractivity contribution in [3.05, 3.63) is 0 Å². The fourth-order valence-corrected chi connectivity index (χ4v) is 4.62. The highest BCUT2D eigenvalue weighted by molar-refractivity contribution is 14.0. The lowest BCUT2D eigenvalue weighted by molar-refractivity contribution is -0.0494. The molecule has 2 aliphatic rings. The van der Waals surface area contributed by atoms with E-state index in [-0.39, 0.29) is 43.1 Å². The molecular weight excluding hydrogens is 508 g/mol. The van der Waals surface area contributed by atoms with E-state index < -0.39 is 15.5 Å². The highest BCUT2D eigenvalue weighted by atomic mass is 127. The zero-order valence-corrected chi connectivity index (χ0v) is 19.6. The van der Waals surface area contributed by atoms with E-state index >= 15 is 0 Å². The summed E-state index contributed by atoms with van der Waals surface area (Å²) in [5.41, 5.74) is -5.23. The second-order valence-electron chi connectivity index (χ2n) is 7.61. The van der Waals surface area contributed by atoms with Crippen LogP contribution in [0.2, 0.25) is 0 Å². The Balaban J connectivity index is 0.00000392. The Hall–Kier alpha value is -0.300. The monoisotopic (exact) mass is 540 g/mol. The van der Waals surface area contributed by atoms with Gasteiger partial charge in [-0.1, -0.05) is 19.8 Å². The molecule has 0 bridgehead atoms. The van der Waals surface area contributed by atoms with Crippen LogP contribution in [0.5, 0.6) is 0 Å². The van der Waals surface area contributed by atoms with Crippen molar-refractivity contribution in [1.29, 1.82) is 0 Å². The van der Waals surface area contributed by atoms with Crippen molar-refractivity contribution in [3.63, 3.8) is 0 Å². The number of halogens is 4. The van der Waals surface area contributed by atoms with Gasteiger partial charge in [-0.3, -0.25) is 4.99 Å². The van der Waals surface area contributed by atoms with Gasteiger partial charge < -0.3 is 10.6 Å². The van der Waals surface area contributed by atoms with Gasteiger partial charge in [0.2, 0.25) is 0 Å². The Morgan fingerprint density at radius 1 is 1.11 bits per heavy atom. The predicted octanol–water partition coefficient (Wildman–Crippen LogP) is 3.30. The molecule has 0 aromatic rings. The minimum absolute atomic E-state index is 0. The predicted molar refractivity (Wildman–Crippen MR) is 115 cm³/mol. The molecule has 1 heterocycles. The van der Waals surface area contributed by atoms with Gasteiger partial charge in [-0.05, 0) is 44.4 Å². The number of aliphatic imine (C=N–C) groups is 1. The number of rotatable bonds is 5. The lowest BCUT2D eigenvalue weighted by Crippen LogP contribution is -2.51. The number of piperidine rings is 1. The maximum absolute atomic E-state index is 12.7. The van der Waals surface area contributed by atoms with Crippen LogP contribution in [0.3, 0.4) is 0 Å². The Morgan fingerprint density at radius 3 is 2.18 bits per heavy atom. The molecule has 1 saturated carbocycles. The Labute approximate surface area is 183 Å². The average Bonchev–Trinajstić information content (AvgIpc) is 2.61. The molecule has 2 rings (SSSR count). The highest BCUT2D eigenvalue weighted by Gasteiger charge is 2.50. The van der Waals surface area contributed by atoms with Crippen molar-refractivity contribution < 1.29 is 21.6 Å². The molecule has 1 aliphatic heterocycles. The number of guanidine groups is 1. The normalized spacial score (nSPS) is 25.8. The zero-order chi connectivity index (χ0) is 20.1.